The molecule has 1 aliphatic rings. The lowest BCUT2D eigenvalue weighted by Crippen LogP contribution is -2.10. The van der Waals surface area contributed by atoms with Crippen LogP contribution in [0.2, 0.25) is 0 Å². The van der Waals surface area contributed by atoms with Crippen molar-refractivity contribution in [3.05, 3.63) is 35.5 Å². The minimum atomic E-state index is -0.0392. The third kappa shape index (κ3) is 2.57. The van der Waals surface area contributed by atoms with Gasteiger partial charge in [0.1, 0.15) is 11.5 Å². The molecule has 0 spiro atoms. The van der Waals surface area contributed by atoms with E-state index in [1.807, 2.05) is 6.08 Å². The van der Waals surface area contributed by atoms with Crippen molar-refractivity contribution in [2.75, 3.05) is 12.1 Å². The Hall–Kier alpha value is -1.78. The Morgan fingerprint density at radius 2 is 2.00 bits per heavy atom. The molecule has 6 heteroatoms. The molecule has 3 rings (SSSR count). The summed E-state index contributed by atoms with van der Waals surface area (Å²) >= 11 is 11.3. The van der Waals surface area contributed by atoms with Gasteiger partial charge in [-0.15, -0.1) is 0 Å². The van der Waals surface area contributed by atoms with E-state index in [-0.39, 0.29) is 17.9 Å². The Morgan fingerprint density at radius 1 is 1.19 bits per heavy atom. The van der Waals surface area contributed by atoms with Gasteiger partial charge in [-0.05, 0) is 18.2 Å². The Labute approximate surface area is 131 Å². The molecule has 0 bridgehead atoms. The van der Waals surface area contributed by atoms with Crippen LogP contribution >= 0.6 is 23.2 Å². The molecule has 108 valence electrons. The van der Waals surface area contributed by atoms with Crippen LogP contribution < -0.4 is 9.47 Å². The third-order valence-corrected chi connectivity index (χ3v) is 3.43. The number of rotatable bonds is 4. The van der Waals surface area contributed by atoms with Crippen molar-refractivity contribution in [1.29, 1.82) is 0 Å². The van der Waals surface area contributed by atoms with E-state index in [9.17, 15) is 4.79 Å². The number of hydrogen-bond acceptors (Lipinski definition) is 4. The minimum Gasteiger partial charge on any atom is -0.478 e. The number of ketones is 1. The maximum absolute atomic E-state index is 12.1. The Kier molecular flexibility index (Phi) is 3.99. The van der Waals surface area contributed by atoms with Crippen molar-refractivity contribution < 1.29 is 14.3 Å². The second-order valence-corrected chi connectivity index (χ2v) is 4.85. The standard InChI is InChI=1S/C15H11Cl2NO3/c16-7-20-9-4-5-10-12(6-9)18-11-2-1-3-13(19)14(11)15(10)21-8-17/h1-2,4-6H,3,7-8H2. The number of alkyl halides is 2. The van der Waals surface area contributed by atoms with E-state index >= 15 is 0 Å². The molecule has 0 aliphatic heterocycles. The highest BCUT2D eigenvalue weighted by atomic mass is 35.5. The zero-order chi connectivity index (χ0) is 14.8. The molecule has 1 aromatic heterocycles. The first-order chi connectivity index (χ1) is 10.2. The maximum Gasteiger partial charge on any atom is 0.172 e. The van der Waals surface area contributed by atoms with Gasteiger partial charge in [0, 0.05) is 17.9 Å². The van der Waals surface area contributed by atoms with Gasteiger partial charge in [0.15, 0.2) is 17.9 Å². The quantitative estimate of drug-likeness (QED) is 0.798. The molecule has 1 aromatic carbocycles. The number of pyridine rings is 1. The van der Waals surface area contributed by atoms with Gasteiger partial charge >= 0.3 is 0 Å². The highest BCUT2D eigenvalue weighted by molar-refractivity contribution is 6.17. The zero-order valence-corrected chi connectivity index (χ0v) is 12.4. The molecule has 0 saturated carbocycles. The van der Waals surface area contributed by atoms with Gasteiger partial charge in [-0.3, -0.25) is 4.79 Å². The predicted octanol–water partition coefficient (Wildman–Crippen LogP) is 3.98. The number of hydrogen-bond donors (Lipinski definition) is 0. The molecule has 0 fully saturated rings. The van der Waals surface area contributed by atoms with Crippen LogP contribution in [0.4, 0.5) is 0 Å². The van der Waals surface area contributed by atoms with Gasteiger partial charge < -0.3 is 9.47 Å². The van der Waals surface area contributed by atoms with E-state index in [1.165, 1.54) is 0 Å². The number of Topliss-reactive ketones (excluding diaryl/α,β-unsaturated/α-hetero) is 1. The molecule has 1 aliphatic carbocycles. The molecule has 0 amide bonds. The Bertz CT molecular complexity index is 743. The van der Waals surface area contributed by atoms with Gasteiger partial charge in [0.2, 0.25) is 0 Å². The van der Waals surface area contributed by atoms with E-state index in [4.69, 9.17) is 32.7 Å². The summed E-state index contributed by atoms with van der Waals surface area (Å²) in [5.74, 6) is 1.05. The highest BCUT2D eigenvalue weighted by Gasteiger charge is 2.23. The van der Waals surface area contributed by atoms with Crippen LogP contribution in [0.3, 0.4) is 0 Å². The van der Waals surface area contributed by atoms with Gasteiger partial charge in [0.05, 0.1) is 16.8 Å². The van der Waals surface area contributed by atoms with Crippen molar-refractivity contribution in [1.82, 2.24) is 4.98 Å². The van der Waals surface area contributed by atoms with Crippen LogP contribution in [-0.2, 0) is 0 Å². The van der Waals surface area contributed by atoms with Gasteiger partial charge in [0.25, 0.3) is 0 Å². The maximum atomic E-state index is 12.1. The molecule has 2 aromatic rings. The fourth-order valence-corrected chi connectivity index (χ4v) is 2.59. The van der Waals surface area contributed by atoms with E-state index in [0.717, 1.165) is 5.39 Å². The lowest BCUT2D eigenvalue weighted by atomic mass is 9.97. The first-order valence-corrected chi connectivity index (χ1v) is 7.36. The third-order valence-electron chi connectivity index (χ3n) is 3.22. The lowest BCUT2D eigenvalue weighted by Gasteiger charge is -2.16. The van der Waals surface area contributed by atoms with Crippen molar-refractivity contribution in [2.45, 2.75) is 6.42 Å². The zero-order valence-electron chi connectivity index (χ0n) is 10.9. The molecule has 0 saturated heterocycles. The van der Waals surface area contributed by atoms with Crippen LogP contribution in [0.25, 0.3) is 17.0 Å². The first-order valence-electron chi connectivity index (χ1n) is 6.29. The van der Waals surface area contributed by atoms with Crippen LogP contribution in [0, 0.1) is 0 Å². The van der Waals surface area contributed by atoms with Crippen molar-refractivity contribution in [3.63, 3.8) is 0 Å². The molecular weight excluding hydrogens is 313 g/mol. The minimum absolute atomic E-state index is 0.0249. The first kappa shape index (κ1) is 14.2. The van der Waals surface area contributed by atoms with E-state index in [1.54, 1.807) is 24.3 Å². The summed E-state index contributed by atoms with van der Waals surface area (Å²) in [6, 6.07) is 5.31. The van der Waals surface area contributed by atoms with E-state index < -0.39 is 0 Å². The number of halogens is 2. The lowest BCUT2D eigenvalue weighted by molar-refractivity contribution is 0.0991. The predicted molar refractivity (Wildman–Crippen MR) is 82.4 cm³/mol. The van der Waals surface area contributed by atoms with Crippen LogP contribution in [0.1, 0.15) is 22.5 Å². The van der Waals surface area contributed by atoms with Gasteiger partial charge in [-0.25, -0.2) is 4.98 Å². The summed E-state index contributed by atoms with van der Waals surface area (Å²) < 4.78 is 10.7. The summed E-state index contributed by atoms with van der Waals surface area (Å²) in [7, 11) is 0. The Balaban J connectivity index is 2.27. The number of carbonyl (C=O) groups is 1. The van der Waals surface area contributed by atoms with Crippen LogP contribution in [0.15, 0.2) is 24.3 Å². The van der Waals surface area contributed by atoms with Gasteiger partial charge in [-0.2, -0.15) is 0 Å². The summed E-state index contributed by atoms with van der Waals surface area (Å²) in [5.41, 5.74) is 1.73. The average molecular weight is 324 g/mol. The molecule has 0 unspecified atom stereocenters. The second-order valence-electron chi connectivity index (χ2n) is 4.42. The number of benzene rings is 1. The van der Waals surface area contributed by atoms with E-state index in [2.05, 4.69) is 4.98 Å². The van der Waals surface area contributed by atoms with Crippen molar-refractivity contribution in [2.24, 2.45) is 0 Å². The number of carbonyl (C=O) groups excluding carboxylic acids is 1. The smallest absolute Gasteiger partial charge is 0.172 e. The van der Waals surface area contributed by atoms with Crippen molar-refractivity contribution in [3.8, 4) is 11.5 Å². The second kappa shape index (κ2) is 5.92. The number of allylic oxidation sites excluding steroid dienone is 1. The molecule has 0 radical (unpaired) electrons. The van der Waals surface area contributed by atoms with E-state index in [0.29, 0.717) is 34.7 Å². The fraction of sp³-hybridized carbons (Fsp3) is 0.200. The van der Waals surface area contributed by atoms with Crippen LogP contribution in [-0.4, -0.2) is 22.9 Å². The summed E-state index contributed by atoms with van der Waals surface area (Å²) in [4.78, 5) is 16.6. The monoisotopic (exact) mass is 323 g/mol. The fourth-order valence-electron chi connectivity index (χ4n) is 2.36. The van der Waals surface area contributed by atoms with Gasteiger partial charge in [-0.1, -0.05) is 29.3 Å². The molecular formula is C15H11Cl2NO3. The summed E-state index contributed by atoms with van der Waals surface area (Å²) in [6.07, 6.45) is 3.94. The summed E-state index contributed by atoms with van der Waals surface area (Å²) in [5, 5.41) is 0.722. The molecule has 0 N–H and O–H groups in total. The van der Waals surface area contributed by atoms with Crippen molar-refractivity contribution >= 4 is 46.0 Å². The molecule has 0 atom stereocenters. The highest BCUT2D eigenvalue weighted by Crippen LogP contribution is 2.36. The normalized spacial score (nSPS) is 13.3. The number of aromatic nitrogens is 1. The van der Waals surface area contributed by atoms with Crippen LogP contribution in [0.5, 0.6) is 11.5 Å². The number of fused-ring (bicyclic) bond motifs is 2. The average Bonchev–Trinajstić information content (AvgIpc) is 2.47. The molecule has 1 heterocycles. The number of ether oxygens (including phenoxy) is 2. The molecule has 21 heavy (non-hydrogen) atoms. The number of nitrogens with zero attached hydrogens (tertiary/aromatic N) is 1. The topological polar surface area (TPSA) is 48.4 Å². The Morgan fingerprint density at radius 3 is 2.76 bits per heavy atom. The largest absolute Gasteiger partial charge is 0.478 e. The molecule has 4 nitrogen and oxygen atoms in total. The SMILES string of the molecule is O=C1CC=Cc2nc3cc(OCCl)ccc3c(OCCl)c21. The summed E-state index contributed by atoms with van der Waals surface area (Å²) in [6.45, 7) is 0.